The summed E-state index contributed by atoms with van der Waals surface area (Å²) in [7, 11) is 1.57. The summed E-state index contributed by atoms with van der Waals surface area (Å²) in [6.45, 7) is 16.4. The molecule has 4 rings (SSSR count). The van der Waals surface area contributed by atoms with E-state index in [1.54, 1.807) is 54.1 Å². The highest BCUT2D eigenvalue weighted by atomic mass is 79.9. The number of nitriles is 2. The van der Waals surface area contributed by atoms with Crippen molar-refractivity contribution in [1.82, 2.24) is 0 Å². The summed E-state index contributed by atoms with van der Waals surface area (Å²) in [5, 5.41) is 29.2. The number of methoxy groups -OCH3 is 1. The zero-order valence-corrected chi connectivity index (χ0v) is 54.1. The number of benzene rings is 2. The molecule has 0 saturated heterocycles. The molecule has 0 aliphatic rings. The largest absolute Gasteiger partial charge is 0.496 e. The number of aliphatic hydroxyl groups is 1. The van der Waals surface area contributed by atoms with Crippen LogP contribution in [0.5, 0.6) is 5.75 Å². The summed E-state index contributed by atoms with van der Waals surface area (Å²) in [6, 6.07) is 22.1. The monoisotopic (exact) mass is 1310 g/mol. The Balaban J connectivity index is 0.000000476. The fraction of sp³-hybridized carbons (Fsp3) is 0.491. The number of hydrogen-bond acceptors (Lipinski definition) is 16. The number of hydrogen-bond donors (Lipinski definition) is 1. The van der Waals surface area contributed by atoms with E-state index < -0.39 is 10.2 Å². The number of aryl methyl sites for hydroxylation is 2. The Labute approximate surface area is 504 Å². The highest BCUT2D eigenvalue weighted by Crippen LogP contribution is 2.44. The molecule has 4 aromatic rings. The maximum atomic E-state index is 12.9. The summed E-state index contributed by atoms with van der Waals surface area (Å²) in [4.78, 5) is 31.0. The minimum absolute atomic E-state index is 0.111. The zero-order chi connectivity index (χ0) is 56.1. The molecule has 76 heavy (non-hydrogen) atoms. The van der Waals surface area contributed by atoms with Crippen LogP contribution < -0.4 is 4.74 Å². The molecule has 0 radical (unpaired) electrons. The molecule has 2 aromatic carbocycles. The summed E-state index contributed by atoms with van der Waals surface area (Å²) in [5.74, 6) is 0.0307. The Kier molecular flexibility index (Phi) is 32.5. The molecule has 0 fully saturated rings. The first-order chi connectivity index (χ1) is 36.4. The van der Waals surface area contributed by atoms with Crippen LogP contribution in [0.25, 0.3) is 16.6 Å². The first kappa shape index (κ1) is 67.6. The normalized spacial score (nSPS) is 13.1. The summed E-state index contributed by atoms with van der Waals surface area (Å²) >= 11 is 26.9. The number of carbonyl (C=O) groups excluding carboxylic acids is 2. The molecule has 2 aromatic heterocycles. The van der Waals surface area contributed by atoms with E-state index in [1.807, 2.05) is 50.6 Å². The Morgan fingerprint density at radius 2 is 1.37 bits per heavy atom. The van der Waals surface area contributed by atoms with Crippen molar-refractivity contribution in [3.63, 3.8) is 0 Å². The molecular weight excluding hydrogens is 1240 g/mol. The summed E-state index contributed by atoms with van der Waals surface area (Å²) in [5.41, 5.74) is 5.28. The fourth-order valence-corrected chi connectivity index (χ4v) is 15.2. The zero-order valence-electron chi connectivity index (χ0n) is 44.4. The molecule has 0 spiro atoms. The first-order valence-electron chi connectivity index (χ1n) is 25.1. The maximum absolute atomic E-state index is 12.9. The Hall–Kier alpha value is -2.71. The number of aliphatic hydroxyl groups excluding tert-OH is 1. The van der Waals surface area contributed by atoms with Gasteiger partial charge in [0.15, 0.2) is 5.70 Å². The van der Waals surface area contributed by atoms with Gasteiger partial charge in [-0.05, 0) is 161 Å². The number of nitrogens with zero attached hydrogens (tertiary/aromatic N) is 3. The van der Waals surface area contributed by atoms with E-state index in [0.29, 0.717) is 46.4 Å². The van der Waals surface area contributed by atoms with Gasteiger partial charge in [-0.15, -0.1) is 46.2 Å². The van der Waals surface area contributed by atoms with Gasteiger partial charge in [-0.1, -0.05) is 131 Å². The third kappa shape index (κ3) is 24.3. The summed E-state index contributed by atoms with van der Waals surface area (Å²) < 4.78 is 19.5. The van der Waals surface area contributed by atoms with E-state index in [0.717, 1.165) is 63.2 Å². The number of ether oxygens (including phenoxy) is 3. The number of thioether (sulfide) groups is 4. The van der Waals surface area contributed by atoms with Crippen LogP contribution in [-0.4, -0.2) is 48.5 Å². The standard InChI is InChI=1S/C38H43BrN2O4S4.C19H26BrNO2S4/c1-6-7-8-9-10-29-21-35(39)48-34(29)24-45-36(43)17-18-38(2,25-40)22-33(49-37(46)47-5)28-14-12-27(13-15-28)31(41-3)20-30-19-26(23-42)11-16-32(30)44-4;1-4-5-6-7-8-14-11-16(20)26-15(14)12-23-17(22)9-10-19(2,13-21)27-18(24)25-3/h11-16,19-21,33,42H,6-10,17-18,22-24H2,1-2,4-5H3;11H,4-10,12H2,1-3H3/b31-20-;. The molecule has 9 nitrogen and oxygen atoms in total. The predicted molar refractivity (Wildman–Crippen MR) is 340 cm³/mol. The highest BCUT2D eigenvalue weighted by molar-refractivity contribution is 9.11. The number of unbranched alkanes of at least 4 members (excludes halogenated alkanes) is 6. The molecular formula is C57H69Br2N3O6S8. The van der Waals surface area contributed by atoms with E-state index in [2.05, 4.69) is 74.8 Å². The highest BCUT2D eigenvalue weighted by Gasteiger charge is 2.32. The van der Waals surface area contributed by atoms with Crippen molar-refractivity contribution in [2.75, 3.05) is 19.6 Å². The number of carbonyl (C=O) groups is 2. The van der Waals surface area contributed by atoms with Crippen LogP contribution in [0.4, 0.5) is 0 Å². The quantitative estimate of drug-likeness (QED) is 0.0182. The third-order valence-corrected chi connectivity index (χ3v) is 21.1. The van der Waals surface area contributed by atoms with Gasteiger partial charge in [0.2, 0.25) is 0 Å². The van der Waals surface area contributed by atoms with Crippen LogP contribution in [0.3, 0.4) is 0 Å². The molecule has 19 heteroatoms. The van der Waals surface area contributed by atoms with E-state index in [-0.39, 0.29) is 43.2 Å². The fourth-order valence-electron chi connectivity index (χ4n) is 7.72. The van der Waals surface area contributed by atoms with Crippen LogP contribution >= 0.6 is 126 Å². The lowest BCUT2D eigenvalue weighted by Crippen LogP contribution is -2.21. The van der Waals surface area contributed by atoms with Crippen molar-refractivity contribution in [2.24, 2.45) is 5.41 Å². The molecule has 1 N–H and O–H groups in total. The lowest BCUT2D eigenvalue weighted by atomic mass is 9.81. The Morgan fingerprint density at radius 1 is 0.816 bits per heavy atom. The Morgan fingerprint density at radius 3 is 1.84 bits per heavy atom. The topological polar surface area (TPSA) is 134 Å². The van der Waals surface area contributed by atoms with Crippen molar-refractivity contribution >= 4 is 157 Å². The number of thiophene rings is 2. The van der Waals surface area contributed by atoms with Gasteiger partial charge < -0.3 is 19.3 Å². The predicted octanol–water partition coefficient (Wildman–Crippen LogP) is 18.5. The van der Waals surface area contributed by atoms with E-state index >= 15 is 0 Å². The van der Waals surface area contributed by atoms with Gasteiger partial charge in [0, 0.05) is 33.4 Å². The van der Waals surface area contributed by atoms with Gasteiger partial charge in [0.25, 0.3) is 0 Å². The third-order valence-electron chi connectivity index (χ3n) is 12.2. The molecule has 0 aliphatic heterocycles. The average molecular weight is 1310 g/mol. The van der Waals surface area contributed by atoms with Crippen molar-refractivity contribution in [3.05, 3.63) is 117 Å². The molecule has 410 valence electrons. The van der Waals surface area contributed by atoms with E-state index in [4.69, 9.17) is 45.2 Å². The van der Waals surface area contributed by atoms with Gasteiger partial charge in [0.05, 0.1) is 45.4 Å². The van der Waals surface area contributed by atoms with Crippen molar-refractivity contribution < 1.29 is 28.9 Å². The van der Waals surface area contributed by atoms with Crippen molar-refractivity contribution in [1.29, 1.82) is 10.5 Å². The van der Waals surface area contributed by atoms with Crippen molar-refractivity contribution in [2.45, 2.75) is 154 Å². The first-order valence-corrected chi connectivity index (χ1v) is 33.3. The van der Waals surface area contributed by atoms with Gasteiger partial charge in [0.1, 0.15) is 30.8 Å². The molecule has 0 aliphatic carbocycles. The van der Waals surface area contributed by atoms with Gasteiger partial charge >= 0.3 is 11.9 Å². The smallest absolute Gasteiger partial charge is 0.306 e. The molecule has 0 bridgehead atoms. The molecule has 3 unspecified atom stereocenters. The summed E-state index contributed by atoms with van der Waals surface area (Å²) in [6.07, 6.45) is 18.8. The Bertz CT molecular complexity index is 2670. The lowest BCUT2D eigenvalue weighted by molar-refractivity contribution is -0.146. The van der Waals surface area contributed by atoms with Crippen molar-refractivity contribution in [3.8, 4) is 17.9 Å². The number of esters is 2. The van der Waals surface area contributed by atoms with Crippen LogP contribution in [-0.2, 0) is 51.7 Å². The van der Waals surface area contributed by atoms with Crippen LogP contribution in [0, 0.1) is 34.6 Å². The minimum Gasteiger partial charge on any atom is -0.496 e. The molecule has 2 heterocycles. The number of thiocarbonyl (C=S) groups is 2. The van der Waals surface area contributed by atoms with Gasteiger partial charge in [-0.25, -0.2) is 4.85 Å². The van der Waals surface area contributed by atoms with E-state index in [9.17, 15) is 25.2 Å². The lowest BCUT2D eigenvalue weighted by Gasteiger charge is -2.27. The number of halogens is 2. The minimum atomic E-state index is -0.796. The molecule has 0 saturated carbocycles. The van der Waals surface area contributed by atoms with Gasteiger partial charge in [-0.2, -0.15) is 10.5 Å². The second kappa shape index (κ2) is 36.5. The average Bonchev–Trinajstić information content (AvgIpc) is 3.98. The SMILES string of the molecule is CCCCCCc1cc(Br)sc1COC(=O)CCC(C)(C#N)SC(=S)SC.[C-]#[N+]/C(=C\c1cc(CO)ccc1OC)c1ccc(C(CC(C)(C#N)CCC(=O)OCc2sc(Br)cc2CCCCCC)SC(=S)SC)cc1. The second-order valence-electron chi connectivity index (χ2n) is 18.3. The molecule has 3 atom stereocenters. The number of rotatable bonds is 29. The molecule has 0 amide bonds. The van der Waals surface area contributed by atoms with Gasteiger partial charge in [-0.3, -0.25) is 9.59 Å². The second-order valence-corrected chi connectivity index (χ2v) is 30.0. The van der Waals surface area contributed by atoms with Crippen LogP contribution in [0.15, 0.2) is 62.2 Å². The van der Waals surface area contributed by atoms with E-state index in [1.165, 1.54) is 96.7 Å². The maximum Gasteiger partial charge on any atom is 0.306 e. The van der Waals surface area contributed by atoms with Crippen LogP contribution in [0.1, 0.15) is 160 Å². The van der Waals surface area contributed by atoms with Crippen LogP contribution in [0.2, 0.25) is 0 Å².